The number of rotatable bonds is 9. The predicted octanol–water partition coefficient (Wildman–Crippen LogP) is 4.17. The highest BCUT2D eigenvalue weighted by atomic mass is 127. The molecule has 0 bridgehead atoms. The molecule has 0 aromatic heterocycles. The van der Waals surface area contributed by atoms with Crippen LogP contribution in [0.25, 0.3) is 0 Å². The molecule has 0 unspecified atom stereocenters. The zero-order chi connectivity index (χ0) is 21.2. The minimum Gasteiger partial charge on any atom is -0.493 e. The quantitative estimate of drug-likeness (QED) is 0.285. The fourth-order valence-electron chi connectivity index (χ4n) is 3.64. The number of halogens is 1. The van der Waals surface area contributed by atoms with Crippen molar-refractivity contribution < 1.29 is 9.47 Å². The fourth-order valence-corrected chi connectivity index (χ4v) is 3.64. The Labute approximate surface area is 203 Å². The summed E-state index contributed by atoms with van der Waals surface area (Å²) in [5.74, 6) is 2.24. The first-order valence-corrected chi connectivity index (χ1v) is 10.7. The van der Waals surface area contributed by atoms with E-state index in [0.29, 0.717) is 6.54 Å². The molecule has 2 aromatic carbocycles. The Morgan fingerprint density at radius 1 is 0.903 bits per heavy atom. The van der Waals surface area contributed by atoms with Crippen LogP contribution in [0, 0.1) is 0 Å². The molecule has 2 aromatic rings. The Hall–Kier alpha value is -2.00. The number of ether oxygens (including phenoxy) is 2. The smallest absolute Gasteiger partial charge is 0.191 e. The number of nitrogens with zero attached hydrogens (tertiary/aromatic N) is 2. The van der Waals surface area contributed by atoms with Gasteiger partial charge in [-0.15, -0.1) is 24.0 Å². The van der Waals surface area contributed by atoms with Gasteiger partial charge < -0.3 is 20.1 Å². The van der Waals surface area contributed by atoms with E-state index in [1.807, 2.05) is 18.2 Å². The first kappa shape index (κ1) is 25.3. The van der Waals surface area contributed by atoms with E-state index >= 15 is 0 Å². The van der Waals surface area contributed by atoms with Gasteiger partial charge in [0.2, 0.25) is 0 Å². The van der Waals surface area contributed by atoms with E-state index in [0.717, 1.165) is 42.7 Å². The lowest BCUT2D eigenvalue weighted by molar-refractivity contribution is 0.331. The van der Waals surface area contributed by atoms with Crippen LogP contribution in [0.15, 0.2) is 47.5 Å². The van der Waals surface area contributed by atoms with Crippen molar-refractivity contribution in [3.63, 3.8) is 0 Å². The van der Waals surface area contributed by atoms with Crippen molar-refractivity contribution in [1.82, 2.24) is 15.5 Å². The van der Waals surface area contributed by atoms with Crippen LogP contribution in [0.5, 0.6) is 11.5 Å². The van der Waals surface area contributed by atoms with E-state index < -0.39 is 0 Å². The summed E-state index contributed by atoms with van der Waals surface area (Å²) in [6.45, 7) is 7.69. The molecule has 1 aliphatic heterocycles. The molecular weight excluding hydrogens is 503 g/mol. The van der Waals surface area contributed by atoms with Gasteiger partial charge in [0.1, 0.15) is 0 Å². The Bertz CT molecular complexity index is 821. The Balaban J connectivity index is 0.00000341. The first-order chi connectivity index (χ1) is 14.7. The highest BCUT2D eigenvalue weighted by Crippen LogP contribution is 2.27. The van der Waals surface area contributed by atoms with Gasteiger partial charge in [-0.3, -0.25) is 4.90 Å². The summed E-state index contributed by atoms with van der Waals surface area (Å²) < 4.78 is 10.7. The maximum Gasteiger partial charge on any atom is 0.191 e. The second kappa shape index (κ2) is 13.4. The SMILES string of the molecule is CCNC(=NCc1ccc(OC)c(OC)c1)NCc1ccc(CN2CCCC2)cc1.I. The van der Waals surface area contributed by atoms with Crippen LogP contribution >= 0.6 is 24.0 Å². The van der Waals surface area contributed by atoms with E-state index in [2.05, 4.69) is 46.7 Å². The average Bonchev–Trinajstić information content (AvgIpc) is 3.29. The summed E-state index contributed by atoms with van der Waals surface area (Å²) in [5.41, 5.74) is 3.70. The van der Waals surface area contributed by atoms with Crippen LogP contribution in [-0.2, 0) is 19.6 Å². The highest BCUT2D eigenvalue weighted by Gasteiger charge is 2.11. The second-order valence-corrected chi connectivity index (χ2v) is 7.54. The summed E-state index contributed by atoms with van der Waals surface area (Å²) >= 11 is 0. The van der Waals surface area contributed by atoms with Crippen molar-refractivity contribution in [2.75, 3.05) is 33.9 Å². The molecule has 2 N–H and O–H groups in total. The third kappa shape index (κ3) is 7.88. The molecule has 0 radical (unpaired) electrons. The molecule has 1 saturated heterocycles. The number of likely N-dealkylation sites (tertiary alicyclic amines) is 1. The van der Waals surface area contributed by atoms with E-state index in [4.69, 9.17) is 14.5 Å². The zero-order valence-corrected chi connectivity index (χ0v) is 21.1. The lowest BCUT2D eigenvalue weighted by Gasteiger charge is -2.15. The minimum absolute atomic E-state index is 0. The van der Waals surface area contributed by atoms with Gasteiger partial charge in [0, 0.05) is 19.6 Å². The van der Waals surface area contributed by atoms with Crippen LogP contribution in [0.4, 0.5) is 0 Å². The maximum atomic E-state index is 5.38. The number of guanidine groups is 1. The molecule has 0 amide bonds. The standard InChI is InChI=1S/C24H34N4O2.HI/c1-4-25-24(27-17-21-11-12-22(29-2)23(15-21)30-3)26-16-19-7-9-20(10-8-19)18-28-13-5-6-14-28;/h7-12,15H,4-6,13-14,16-18H2,1-3H3,(H2,25,26,27);1H. The molecule has 7 heteroatoms. The van der Waals surface area contributed by atoms with E-state index in [1.54, 1.807) is 14.2 Å². The largest absolute Gasteiger partial charge is 0.493 e. The molecule has 0 aliphatic carbocycles. The number of hydrogen-bond acceptors (Lipinski definition) is 4. The molecule has 0 atom stereocenters. The van der Waals surface area contributed by atoms with E-state index in [-0.39, 0.29) is 24.0 Å². The molecular formula is C24H35IN4O2. The van der Waals surface area contributed by atoms with Gasteiger partial charge in [-0.1, -0.05) is 30.3 Å². The molecule has 6 nitrogen and oxygen atoms in total. The van der Waals surface area contributed by atoms with Crippen LogP contribution < -0.4 is 20.1 Å². The van der Waals surface area contributed by atoms with Crippen molar-refractivity contribution in [1.29, 1.82) is 0 Å². The third-order valence-corrected chi connectivity index (χ3v) is 5.30. The second-order valence-electron chi connectivity index (χ2n) is 7.54. The molecule has 1 fully saturated rings. The summed E-state index contributed by atoms with van der Waals surface area (Å²) in [6.07, 6.45) is 2.66. The molecule has 31 heavy (non-hydrogen) atoms. The maximum absolute atomic E-state index is 5.38. The molecule has 0 spiro atoms. The molecule has 1 heterocycles. The van der Waals surface area contributed by atoms with Gasteiger partial charge in [-0.2, -0.15) is 0 Å². The summed E-state index contributed by atoms with van der Waals surface area (Å²) in [6, 6.07) is 14.8. The van der Waals surface area contributed by atoms with Crippen LogP contribution in [0.2, 0.25) is 0 Å². The van der Waals surface area contributed by atoms with Gasteiger partial charge in [-0.25, -0.2) is 4.99 Å². The number of nitrogens with one attached hydrogen (secondary N) is 2. The monoisotopic (exact) mass is 538 g/mol. The average molecular weight is 538 g/mol. The van der Waals surface area contributed by atoms with Gasteiger partial charge in [-0.05, 0) is 61.7 Å². The Kier molecular flexibility index (Phi) is 10.9. The van der Waals surface area contributed by atoms with Gasteiger partial charge in [0.15, 0.2) is 17.5 Å². The van der Waals surface area contributed by atoms with Crippen molar-refractivity contribution in [2.45, 2.75) is 39.4 Å². The lowest BCUT2D eigenvalue weighted by Crippen LogP contribution is -2.36. The van der Waals surface area contributed by atoms with Crippen LogP contribution in [-0.4, -0.2) is 44.7 Å². The minimum atomic E-state index is 0. The van der Waals surface area contributed by atoms with Crippen molar-refractivity contribution >= 4 is 29.9 Å². The number of hydrogen-bond donors (Lipinski definition) is 2. The van der Waals surface area contributed by atoms with E-state index in [9.17, 15) is 0 Å². The van der Waals surface area contributed by atoms with Crippen molar-refractivity contribution in [3.8, 4) is 11.5 Å². The zero-order valence-electron chi connectivity index (χ0n) is 18.8. The highest BCUT2D eigenvalue weighted by molar-refractivity contribution is 14.0. The molecule has 170 valence electrons. The van der Waals surface area contributed by atoms with E-state index in [1.165, 1.54) is 37.1 Å². The fraction of sp³-hybridized carbons (Fsp3) is 0.458. The predicted molar refractivity (Wildman–Crippen MR) is 138 cm³/mol. The van der Waals surface area contributed by atoms with Crippen molar-refractivity contribution in [2.24, 2.45) is 4.99 Å². The van der Waals surface area contributed by atoms with Gasteiger partial charge in [0.25, 0.3) is 0 Å². The first-order valence-electron chi connectivity index (χ1n) is 10.7. The van der Waals surface area contributed by atoms with Gasteiger partial charge >= 0.3 is 0 Å². The number of benzene rings is 2. The Morgan fingerprint density at radius 3 is 2.19 bits per heavy atom. The molecule has 1 aliphatic rings. The summed E-state index contributed by atoms with van der Waals surface area (Å²) in [5, 5.41) is 6.73. The molecule has 3 rings (SSSR count). The normalized spacial score (nSPS) is 14.1. The number of methoxy groups -OCH3 is 2. The third-order valence-electron chi connectivity index (χ3n) is 5.30. The lowest BCUT2D eigenvalue weighted by atomic mass is 10.1. The van der Waals surface area contributed by atoms with Crippen LogP contribution in [0.1, 0.15) is 36.5 Å². The van der Waals surface area contributed by atoms with Crippen LogP contribution in [0.3, 0.4) is 0 Å². The topological polar surface area (TPSA) is 58.1 Å². The van der Waals surface area contributed by atoms with Gasteiger partial charge in [0.05, 0.1) is 20.8 Å². The van der Waals surface area contributed by atoms with Crippen molar-refractivity contribution in [3.05, 3.63) is 59.2 Å². The summed E-state index contributed by atoms with van der Waals surface area (Å²) in [4.78, 5) is 7.23. The molecule has 0 saturated carbocycles. The summed E-state index contributed by atoms with van der Waals surface area (Å²) in [7, 11) is 3.29. The number of aliphatic imine (C=N–C) groups is 1. The Morgan fingerprint density at radius 2 is 1.55 bits per heavy atom.